The zero-order valence-electron chi connectivity index (χ0n) is 7.90. The van der Waals surface area contributed by atoms with Crippen LogP contribution in [0.2, 0.25) is 0 Å². The van der Waals surface area contributed by atoms with E-state index in [2.05, 4.69) is 5.32 Å². The first-order valence-electron chi connectivity index (χ1n) is 4.77. The van der Waals surface area contributed by atoms with Crippen LogP contribution in [0.4, 0.5) is 0 Å². The molecular weight excluding hydrogens is 186 g/mol. The standard InChI is InChI=1S/C9H15NO4/c11-8(12)4-7(9(13)14)10-5-6-2-1-3-6/h6-7,10H,1-5H2,(H,11,12)(H,13,14). The smallest absolute Gasteiger partial charge is 0.321 e. The van der Waals surface area contributed by atoms with Gasteiger partial charge in [-0.05, 0) is 25.3 Å². The number of carbonyl (C=O) groups is 2. The van der Waals surface area contributed by atoms with Crippen LogP contribution in [0.25, 0.3) is 0 Å². The van der Waals surface area contributed by atoms with Crippen molar-refractivity contribution >= 4 is 11.9 Å². The minimum atomic E-state index is -1.09. The Kier molecular flexibility index (Phi) is 3.88. The fourth-order valence-electron chi connectivity index (χ4n) is 1.43. The first-order valence-corrected chi connectivity index (χ1v) is 4.77. The maximum atomic E-state index is 10.6. The van der Waals surface area contributed by atoms with E-state index in [0.717, 1.165) is 12.8 Å². The molecule has 1 aliphatic carbocycles. The van der Waals surface area contributed by atoms with Gasteiger partial charge in [0.2, 0.25) is 0 Å². The summed E-state index contributed by atoms with van der Waals surface area (Å²) < 4.78 is 0. The van der Waals surface area contributed by atoms with E-state index >= 15 is 0 Å². The highest BCUT2D eigenvalue weighted by Gasteiger charge is 2.23. The summed E-state index contributed by atoms with van der Waals surface area (Å²) >= 11 is 0. The first kappa shape index (κ1) is 11.0. The van der Waals surface area contributed by atoms with E-state index in [1.165, 1.54) is 6.42 Å². The lowest BCUT2D eigenvalue weighted by molar-refractivity contribution is -0.146. The van der Waals surface area contributed by atoms with E-state index in [0.29, 0.717) is 12.5 Å². The van der Waals surface area contributed by atoms with Gasteiger partial charge >= 0.3 is 11.9 Å². The zero-order valence-corrected chi connectivity index (χ0v) is 7.90. The summed E-state index contributed by atoms with van der Waals surface area (Å²) in [6, 6.07) is -0.951. The van der Waals surface area contributed by atoms with Gasteiger partial charge in [0.05, 0.1) is 6.42 Å². The SMILES string of the molecule is O=C(O)CC(NCC1CCC1)C(=O)O. The van der Waals surface area contributed by atoms with E-state index < -0.39 is 18.0 Å². The molecule has 1 aliphatic rings. The zero-order chi connectivity index (χ0) is 10.6. The molecule has 80 valence electrons. The molecule has 0 aliphatic heterocycles. The van der Waals surface area contributed by atoms with Gasteiger partial charge in [0.15, 0.2) is 0 Å². The highest BCUT2D eigenvalue weighted by Crippen LogP contribution is 2.25. The Hall–Kier alpha value is -1.10. The number of carboxylic acids is 2. The summed E-state index contributed by atoms with van der Waals surface area (Å²) in [5.74, 6) is -1.64. The predicted molar refractivity (Wildman–Crippen MR) is 49.0 cm³/mol. The van der Waals surface area contributed by atoms with Gasteiger partial charge in [0, 0.05) is 0 Å². The summed E-state index contributed by atoms with van der Waals surface area (Å²) in [6.45, 7) is 0.615. The Bertz CT molecular complexity index is 225. The van der Waals surface area contributed by atoms with Gasteiger partial charge in [-0.3, -0.25) is 9.59 Å². The third kappa shape index (κ3) is 3.33. The van der Waals surface area contributed by atoms with Crippen molar-refractivity contribution in [3.8, 4) is 0 Å². The highest BCUT2D eigenvalue weighted by atomic mass is 16.4. The number of hydrogen-bond acceptors (Lipinski definition) is 3. The van der Waals surface area contributed by atoms with Crippen LogP contribution in [0.5, 0.6) is 0 Å². The Morgan fingerprint density at radius 1 is 1.36 bits per heavy atom. The van der Waals surface area contributed by atoms with Gasteiger partial charge < -0.3 is 15.5 Å². The third-order valence-corrected chi connectivity index (χ3v) is 2.55. The van der Waals surface area contributed by atoms with Crippen molar-refractivity contribution in [2.24, 2.45) is 5.92 Å². The van der Waals surface area contributed by atoms with E-state index in [1.807, 2.05) is 0 Å². The second-order valence-electron chi connectivity index (χ2n) is 3.69. The first-order chi connectivity index (χ1) is 6.59. The molecule has 0 aromatic rings. The molecule has 1 fully saturated rings. The van der Waals surface area contributed by atoms with E-state index in [-0.39, 0.29) is 6.42 Å². The number of nitrogens with one attached hydrogen (secondary N) is 1. The Morgan fingerprint density at radius 2 is 2.00 bits per heavy atom. The fraction of sp³-hybridized carbons (Fsp3) is 0.778. The highest BCUT2D eigenvalue weighted by molar-refractivity contribution is 5.80. The molecule has 1 unspecified atom stereocenters. The second-order valence-corrected chi connectivity index (χ2v) is 3.69. The normalized spacial score (nSPS) is 18.6. The fourth-order valence-corrected chi connectivity index (χ4v) is 1.43. The molecule has 5 heteroatoms. The van der Waals surface area contributed by atoms with Crippen molar-refractivity contribution in [2.75, 3.05) is 6.54 Å². The molecule has 5 nitrogen and oxygen atoms in total. The molecule has 0 radical (unpaired) electrons. The van der Waals surface area contributed by atoms with Crippen LogP contribution in [0.15, 0.2) is 0 Å². The van der Waals surface area contributed by atoms with Crippen molar-refractivity contribution in [2.45, 2.75) is 31.7 Å². The summed E-state index contributed by atoms with van der Waals surface area (Å²) in [6.07, 6.45) is 3.07. The van der Waals surface area contributed by atoms with Gasteiger partial charge in [0.1, 0.15) is 6.04 Å². The molecule has 0 bridgehead atoms. The van der Waals surface area contributed by atoms with Gasteiger partial charge in [-0.1, -0.05) is 6.42 Å². The summed E-state index contributed by atoms with van der Waals surface area (Å²) in [7, 11) is 0. The van der Waals surface area contributed by atoms with Crippen molar-refractivity contribution in [1.29, 1.82) is 0 Å². The minimum absolute atomic E-state index is 0.359. The second kappa shape index (κ2) is 4.95. The molecule has 0 aromatic heterocycles. The van der Waals surface area contributed by atoms with Gasteiger partial charge in [-0.2, -0.15) is 0 Å². The van der Waals surface area contributed by atoms with Crippen LogP contribution >= 0.6 is 0 Å². The Labute approximate surface area is 82.1 Å². The lowest BCUT2D eigenvalue weighted by atomic mass is 9.85. The lowest BCUT2D eigenvalue weighted by Crippen LogP contribution is -2.42. The van der Waals surface area contributed by atoms with Crippen molar-refractivity contribution in [1.82, 2.24) is 5.32 Å². The van der Waals surface area contributed by atoms with E-state index in [1.54, 1.807) is 0 Å². The van der Waals surface area contributed by atoms with Crippen LogP contribution in [0.3, 0.4) is 0 Å². The quantitative estimate of drug-likeness (QED) is 0.575. The average molecular weight is 201 g/mol. The average Bonchev–Trinajstić information content (AvgIpc) is 1.98. The maximum Gasteiger partial charge on any atom is 0.321 e. The molecular formula is C9H15NO4. The van der Waals surface area contributed by atoms with E-state index in [9.17, 15) is 9.59 Å². The summed E-state index contributed by atoms with van der Waals surface area (Å²) in [4.78, 5) is 21.0. The molecule has 1 atom stereocenters. The molecule has 1 rings (SSSR count). The van der Waals surface area contributed by atoms with E-state index in [4.69, 9.17) is 10.2 Å². The van der Waals surface area contributed by atoms with Crippen molar-refractivity contribution in [3.63, 3.8) is 0 Å². The third-order valence-electron chi connectivity index (χ3n) is 2.55. The van der Waals surface area contributed by atoms with Crippen LogP contribution in [-0.2, 0) is 9.59 Å². The Balaban J connectivity index is 2.26. The van der Waals surface area contributed by atoms with Crippen LogP contribution in [-0.4, -0.2) is 34.7 Å². The van der Waals surface area contributed by atoms with Crippen LogP contribution < -0.4 is 5.32 Å². The number of hydrogen-bond donors (Lipinski definition) is 3. The molecule has 0 heterocycles. The largest absolute Gasteiger partial charge is 0.481 e. The molecule has 14 heavy (non-hydrogen) atoms. The van der Waals surface area contributed by atoms with Crippen LogP contribution in [0, 0.1) is 5.92 Å². The van der Waals surface area contributed by atoms with Crippen molar-refractivity contribution < 1.29 is 19.8 Å². The van der Waals surface area contributed by atoms with Gasteiger partial charge in [0.25, 0.3) is 0 Å². The summed E-state index contributed by atoms with van der Waals surface area (Å²) in [5, 5.41) is 19.9. The Morgan fingerprint density at radius 3 is 2.36 bits per heavy atom. The number of aliphatic carboxylic acids is 2. The molecule has 0 aromatic carbocycles. The molecule has 1 saturated carbocycles. The van der Waals surface area contributed by atoms with Gasteiger partial charge in [-0.25, -0.2) is 0 Å². The molecule has 0 amide bonds. The predicted octanol–water partition coefficient (Wildman–Crippen LogP) is 0.304. The summed E-state index contributed by atoms with van der Waals surface area (Å²) in [5.41, 5.74) is 0. The monoisotopic (exact) mass is 201 g/mol. The maximum absolute atomic E-state index is 10.6. The van der Waals surface area contributed by atoms with Crippen molar-refractivity contribution in [3.05, 3.63) is 0 Å². The molecule has 3 N–H and O–H groups in total. The van der Waals surface area contributed by atoms with Gasteiger partial charge in [-0.15, -0.1) is 0 Å². The molecule has 0 saturated heterocycles. The minimum Gasteiger partial charge on any atom is -0.481 e. The van der Waals surface area contributed by atoms with Crippen LogP contribution in [0.1, 0.15) is 25.7 Å². The molecule has 0 spiro atoms. The number of rotatable bonds is 6. The number of carboxylic acid groups (broad SMARTS) is 2. The topological polar surface area (TPSA) is 86.6 Å². The lowest BCUT2D eigenvalue weighted by Gasteiger charge is -2.26.